The smallest absolute Gasteiger partial charge is 0.182 e. The van der Waals surface area contributed by atoms with Crippen LogP contribution in [0, 0.1) is 23.0 Å². The van der Waals surface area contributed by atoms with E-state index in [1.807, 2.05) is 0 Å². The third kappa shape index (κ3) is 3.38. The molecule has 0 bridgehead atoms. The van der Waals surface area contributed by atoms with E-state index in [0.717, 1.165) is 30.3 Å². The van der Waals surface area contributed by atoms with Gasteiger partial charge in [-0.25, -0.2) is 17.2 Å². The Kier molecular flexibility index (Phi) is 4.26. The molecule has 108 valence electrons. The highest BCUT2D eigenvalue weighted by molar-refractivity contribution is 7.90. The molecule has 0 heterocycles. The summed E-state index contributed by atoms with van der Waals surface area (Å²) < 4.78 is 51.1. The lowest BCUT2D eigenvalue weighted by molar-refractivity contribution is 0.586. The normalized spacial score (nSPS) is 11.1. The summed E-state index contributed by atoms with van der Waals surface area (Å²) in [5.74, 6) is -2.12. The van der Waals surface area contributed by atoms with Crippen molar-refractivity contribution in [2.24, 2.45) is 0 Å². The number of hydrogen-bond acceptors (Lipinski definition) is 3. The minimum Gasteiger partial charge on any atom is -0.223 e. The Morgan fingerprint density at radius 3 is 2.38 bits per heavy atom. The van der Waals surface area contributed by atoms with Gasteiger partial charge in [0.25, 0.3) is 0 Å². The van der Waals surface area contributed by atoms with Gasteiger partial charge in [0.15, 0.2) is 9.84 Å². The Hall–Kier alpha value is -1.97. The van der Waals surface area contributed by atoms with Gasteiger partial charge in [-0.15, -0.1) is 0 Å². The monoisotopic (exact) mass is 327 g/mol. The van der Waals surface area contributed by atoms with Crippen LogP contribution in [0.3, 0.4) is 0 Å². The second-order valence-corrected chi connectivity index (χ2v) is 6.65. The molecule has 7 heteroatoms. The molecule has 0 atom stereocenters. The van der Waals surface area contributed by atoms with E-state index < -0.39 is 27.2 Å². The largest absolute Gasteiger partial charge is 0.223 e. The van der Waals surface area contributed by atoms with Crippen LogP contribution in [0.15, 0.2) is 41.3 Å². The molecule has 0 aromatic heterocycles. The molecule has 0 aliphatic carbocycles. The van der Waals surface area contributed by atoms with Gasteiger partial charge in [-0.3, -0.25) is 0 Å². The van der Waals surface area contributed by atoms with Crippen molar-refractivity contribution in [2.45, 2.75) is 10.6 Å². The minimum atomic E-state index is -3.90. The molecule has 0 aliphatic heterocycles. The van der Waals surface area contributed by atoms with E-state index in [1.54, 1.807) is 6.07 Å². The molecular formula is C14H8ClF2NO2S. The van der Waals surface area contributed by atoms with Gasteiger partial charge in [-0.1, -0.05) is 11.6 Å². The van der Waals surface area contributed by atoms with E-state index in [0.29, 0.717) is 0 Å². The van der Waals surface area contributed by atoms with Crippen molar-refractivity contribution < 1.29 is 17.2 Å². The number of hydrogen-bond donors (Lipinski definition) is 0. The highest BCUT2D eigenvalue weighted by Gasteiger charge is 2.19. The van der Waals surface area contributed by atoms with E-state index >= 15 is 0 Å². The van der Waals surface area contributed by atoms with Crippen molar-refractivity contribution in [1.29, 1.82) is 5.26 Å². The van der Waals surface area contributed by atoms with Crippen LogP contribution in [-0.4, -0.2) is 8.42 Å². The zero-order chi connectivity index (χ0) is 15.6. The first-order chi connectivity index (χ1) is 9.83. The molecule has 0 spiro atoms. The molecule has 0 fully saturated rings. The fourth-order valence-electron chi connectivity index (χ4n) is 1.71. The third-order valence-corrected chi connectivity index (χ3v) is 4.72. The Balaban J connectivity index is 2.42. The number of nitriles is 1. The summed E-state index contributed by atoms with van der Waals surface area (Å²) >= 11 is 5.55. The van der Waals surface area contributed by atoms with Crippen molar-refractivity contribution in [3.05, 3.63) is 64.2 Å². The molecule has 0 aliphatic rings. The average Bonchev–Trinajstić information content (AvgIpc) is 2.44. The highest BCUT2D eigenvalue weighted by Crippen LogP contribution is 2.23. The molecule has 0 N–H and O–H groups in total. The molecule has 0 radical (unpaired) electrons. The van der Waals surface area contributed by atoms with Gasteiger partial charge >= 0.3 is 0 Å². The first-order valence-corrected chi connectivity index (χ1v) is 7.73. The molecule has 0 saturated carbocycles. The van der Waals surface area contributed by atoms with Crippen molar-refractivity contribution in [3.63, 3.8) is 0 Å². The summed E-state index contributed by atoms with van der Waals surface area (Å²) in [6.45, 7) is 0. The second kappa shape index (κ2) is 5.80. The number of benzene rings is 2. The fourth-order valence-corrected chi connectivity index (χ4v) is 3.33. The topological polar surface area (TPSA) is 57.9 Å². The Morgan fingerprint density at radius 2 is 1.76 bits per heavy atom. The van der Waals surface area contributed by atoms with E-state index in [9.17, 15) is 17.2 Å². The summed E-state index contributed by atoms with van der Waals surface area (Å²) in [6, 6.07) is 8.20. The van der Waals surface area contributed by atoms with Crippen molar-refractivity contribution in [2.75, 3.05) is 0 Å². The maximum atomic E-state index is 13.6. The maximum Gasteiger partial charge on any atom is 0.182 e. The molecule has 3 nitrogen and oxygen atoms in total. The second-order valence-electron chi connectivity index (χ2n) is 4.25. The number of nitrogens with zero attached hydrogens (tertiary/aromatic N) is 1. The summed E-state index contributed by atoms with van der Waals surface area (Å²) in [4.78, 5) is -0.212. The van der Waals surface area contributed by atoms with Crippen LogP contribution in [0.25, 0.3) is 0 Å². The summed E-state index contributed by atoms with van der Waals surface area (Å²) in [5.41, 5.74) is 0.0215. The number of rotatable bonds is 3. The van der Waals surface area contributed by atoms with Gasteiger partial charge in [0.2, 0.25) is 0 Å². The Morgan fingerprint density at radius 1 is 1.10 bits per heavy atom. The maximum absolute atomic E-state index is 13.6. The van der Waals surface area contributed by atoms with Crippen LogP contribution < -0.4 is 0 Å². The van der Waals surface area contributed by atoms with Gasteiger partial charge in [-0.05, 0) is 36.4 Å². The van der Waals surface area contributed by atoms with E-state index in [-0.39, 0.29) is 21.0 Å². The predicted octanol–water partition coefficient (Wildman–Crippen LogP) is 3.46. The molecule has 0 amide bonds. The lowest BCUT2D eigenvalue weighted by Crippen LogP contribution is -2.07. The van der Waals surface area contributed by atoms with E-state index in [1.165, 1.54) is 6.07 Å². The average molecular weight is 328 g/mol. The molecule has 2 aromatic carbocycles. The third-order valence-electron chi connectivity index (χ3n) is 2.77. The zero-order valence-corrected chi connectivity index (χ0v) is 12.0. The molecule has 2 aromatic rings. The summed E-state index contributed by atoms with van der Waals surface area (Å²) in [5, 5.41) is 8.42. The van der Waals surface area contributed by atoms with Crippen molar-refractivity contribution in [1.82, 2.24) is 0 Å². The Bertz CT molecular complexity index is 845. The van der Waals surface area contributed by atoms with Crippen LogP contribution in [0.2, 0.25) is 5.02 Å². The first-order valence-electron chi connectivity index (χ1n) is 5.70. The van der Waals surface area contributed by atoms with Gasteiger partial charge in [0.05, 0.1) is 27.3 Å². The predicted molar refractivity (Wildman–Crippen MR) is 73.4 cm³/mol. The standard InChI is InChI=1S/C14H8ClF2NO2S/c15-12-6-11(2-4-14(12)17)21(19,20)8-10-5-9(7-18)1-3-13(10)16/h1-6H,8H2. The minimum absolute atomic E-state index is 0.130. The quantitative estimate of drug-likeness (QED) is 0.811. The van der Waals surface area contributed by atoms with Gasteiger partial charge < -0.3 is 0 Å². The fraction of sp³-hybridized carbons (Fsp3) is 0.0714. The molecular weight excluding hydrogens is 320 g/mol. The Labute approximate surface area is 125 Å². The van der Waals surface area contributed by atoms with Crippen molar-refractivity contribution >= 4 is 21.4 Å². The summed E-state index contributed by atoms with van der Waals surface area (Å²) in [6.07, 6.45) is 0. The van der Waals surface area contributed by atoms with Crippen LogP contribution in [0.1, 0.15) is 11.1 Å². The van der Waals surface area contributed by atoms with E-state index in [4.69, 9.17) is 16.9 Å². The van der Waals surface area contributed by atoms with E-state index in [2.05, 4.69) is 0 Å². The number of halogens is 3. The summed E-state index contributed by atoms with van der Waals surface area (Å²) in [7, 11) is -3.90. The number of sulfone groups is 1. The van der Waals surface area contributed by atoms with Crippen LogP contribution in [0.5, 0.6) is 0 Å². The molecule has 2 rings (SSSR count). The lowest BCUT2D eigenvalue weighted by Gasteiger charge is -2.07. The van der Waals surface area contributed by atoms with Crippen LogP contribution in [0.4, 0.5) is 8.78 Å². The van der Waals surface area contributed by atoms with Gasteiger partial charge in [0, 0.05) is 5.56 Å². The van der Waals surface area contributed by atoms with Gasteiger partial charge in [-0.2, -0.15) is 5.26 Å². The zero-order valence-electron chi connectivity index (χ0n) is 10.5. The van der Waals surface area contributed by atoms with Crippen LogP contribution >= 0.6 is 11.6 Å². The SMILES string of the molecule is N#Cc1ccc(F)c(CS(=O)(=O)c2ccc(F)c(Cl)c2)c1. The van der Waals surface area contributed by atoms with Crippen molar-refractivity contribution in [3.8, 4) is 6.07 Å². The van der Waals surface area contributed by atoms with Gasteiger partial charge in [0.1, 0.15) is 11.6 Å². The lowest BCUT2D eigenvalue weighted by atomic mass is 10.1. The molecule has 21 heavy (non-hydrogen) atoms. The highest BCUT2D eigenvalue weighted by atomic mass is 35.5. The molecule has 0 saturated heterocycles. The van der Waals surface area contributed by atoms with Crippen LogP contribution in [-0.2, 0) is 15.6 Å². The molecule has 0 unspecified atom stereocenters. The first kappa shape index (κ1) is 15.4.